The second-order valence-electron chi connectivity index (χ2n) is 5.81. The van der Waals surface area contributed by atoms with E-state index in [-0.39, 0.29) is 0 Å². The van der Waals surface area contributed by atoms with E-state index in [2.05, 4.69) is 46.6 Å². The van der Waals surface area contributed by atoms with Crippen LogP contribution in [0.3, 0.4) is 0 Å². The zero-order valence-electron chi connectivity index (χ0n) is 12.7. The van der Waals surface area contributed by atoms with Gasteiger partial charge in [0.2, 0.25) is 0 Å². The molecule has 0 saturated carbocycles. The van der Waals surface area contributed by atoms with Gasteiger partial charge in [0.15, 0.2) is 0 Å². The van der Waals surface area contributed by atoms with E-state index in [9.17, 15) is 0 Å². The predicted octanol–water partition coefficient (Wildman–Crippen LogP) is 5.60. The quantitative estimate of drug-likeness (QED) is 0.675. The molecular weight excluding hydrogens is 304 g/mol. The topological polar surface area (TPSA) is 15.3 Å². The van der Waals surface area contributed by atoms with Crippen LogP contribution in [-0.2, 0) is 13.1 Å². The summed E-state index contributed by atoms with van der Waals surface area (Å²) in [5.74, 6) is 0. The van der Waals surface area contributed by atoms with Crippen LogP contribution in [0.5, 0.6) is 0 Å². The van der Waals surface area contributed by atoms with Crippen molar-refractivity contribution in [3.05, 3.63) is 88.9 Å². The molecule has 0 fully saturated rings. The number of nitrogens with zero attached hydrogens (tertiary/aromatic N) is 1. The number of benzene rings is 3. The maximum absolute atomic E-state index is 6.11. The van der Waals surface area contributed by atoms with Crippen LogP contribution < -0.4 is 10.2 Å². The van der Waals surface area contributed by atoms with Gasteiger partial charge in [-0.25, -0.2) is 0 Å². The molecule has 1 heterocycles. The van der Waals surface area contributed by atoms with Crippen LogP contribution in [0.25, 0.3) is 0 Å². The lowest BCUT2D eigenvalue weighted by atomic mass is 10.1. The van der Waals surface area contributed by atoms with Gasteiger partial charge in [0.1, 0.15) is 0 Å². The minimum Gasteiger partial charge on any atom is -0.363 e. The molecule has 0 aromatic heterocycles. The molecule has 0 unspecified atom stereocenters. The lowest BCUT2D eigenvalue weighted by Crippen LogP contribution is -2.14. The zero-order chi connectivity index (χ0) is 15.6. The summed E-state index contributed by atoms with van der Waals surface area (Å²) in [6, 6.07) is 24.9. The van der Waals surface area contributed by atoms with Crippen molar-refractivity contribution in [2.24, 2.45) is 0 Å². The number of halogens is 1. The number of rotatable bonds is 3. The Hall–Kier alpha value is -2.45. The highest BCUT2D eigenvalue weighted by molar-refractivity contribution is 6.30. The predicted molar refractivity (Wildman–Crippen MR) is 97.5 cm³/mol. The third-order valence-electron chi connectivity index (χ3n) is 4.16. The lowest BCUT2D eigenvalue weighted by molar-refractivity contribution is 0.881. The van der Waals surface area contributed by atoms with Gasteiger partial charge in [0, 0.05) is 35.2 Å². The van der Waals surface area contributed by atoms with Crippen molar-refractivity contribution in [3.8, 4) is 0 Å². The summed E-state index contributed by atoms with van der Waals surface area (Å²) in [6.45, 7) is 1.85. The van der Waals surface area contributed by atoms with Crippen LogP contribution in [0.4, 0.5) is 17.1 Å². The number of hydrogen-bond donors (Lipinski definition) is 1. The van der Waals surface area contributed by atoms with Gasteiger partial charge in [-0.15, -0.1) is 0 Å². The molecule has 3 aromatic carbocycles. The molecule has 2 nitrogen and oxygen atoms in total. The standard InChI is InChI=1S/C20H17ClN2/c21-17-5-4-8-20(12-17)23-13-15-9-10-19(11-16(15)14-23)22-18-6-2-1-3-7-18/h1-12,22H,13-14H2. The van der Waals surface area contributed by atoms with Gasteiger partial charge < -0.3 is 10.2 Å². The van der Waals surface area contributed by atoms with E-state index in [0.717, 1.165) is 29.5 Å². The Morgan fingerprint density at radius 3 is 2.39 bits per heavy atom. The molecule has 0 bridgehead atoms. The van der Waals surface area contributed by atoms with E-state index in [1.54, 1.807) is 0 Å². The van der Waals surface area contributed by atoms with Crippen LogP contribution in [0.1, 0.15) is 11.1 Å². The van der Waals surface area contributed by atoms with Crippen molar-refractivity contribution in [3.63, 3.8) is 0 Å². The lowest BCUT2D eigenvalue weighted by Gasteiger charge is -2.17. The van der Waals surface area contributed by atoms with Crippen molar-refractivity contribution in [2.75, 3.05) is 10.2 Å². The van der Waals surface area contributed by atoms with Crippen LogP contribution in [0, 0.1) is 0 Å². The van der Waals surface area contributed by atoms with Gasteiger partial charge in [0.05, 0.1) is 0 Å². The largest absolute Gasteiger partial charge is 0.363 e. The van der Waals surface area contributed by atoms with E-state index in [4.69, 9.17) is 11.6 Å². The highest BCUT2D eigenvalue weighted by Crippen LogP contribution is 2.31. The van der Waals surface area contributed by atoms with E-state index in [1.807, 2.05) is 36.4 Å². The van der Waals surface area contributed by atoms with E-state index >= 15 is 0 Å². The molecule has 3 heteroatoms. The van der Waals surface area contributed by atoms with Gasteiger partial charge in [-0.05, 0) is 53.6 Å². The van der Waals surface area contributed by atoms with Gasteiger partial charge in [-0.2, -0.15) is 0 Å². The number of fused-ring (bicyclic) bond motifs is 1. The summed E-state index contributed by atoms with van der Waals surface area (Å²) in [5.41, 5.74) is 6.15. The first-order valence-electron chi connectivity index (χ1n) is 7.72. The molecular formula is C20H17ClN2. The van der Waals surface area contributed by atoms with Gasteiger partial charge in [-0.1, -0.05) is 41.9 Å². The minimum absolute atomic E-state index is 0.782. The molecule has 0 spiro atoms. The van der Waals surface area contributed by atoms with Crippen molar-refractivity contribution >= 4 is 28.7 Å². The van der Waals surface area contributed by atoms with Crippen LogP contribution in [0.2, 0.25) is 5.02 Å². The molecule has 4 rings (SSSR count). The maximum atomic E-state index is 6.11. The molecule has 1 aliphatic heterocycles. The highest BCUT2D eigenvalue weighted by Gasteiger charge is 2.19. The molecule has 23 heavy (non-hydrogen) atoms. The fraction of sp³-hybridized carbons (Fsp3) is 0.100. The van der Waals surface area contributed by atoms with E-state index in [1.165, 1.54) is 16.8 Å². The monoisotopic (exact) mass is 320 g/mol. The van der Waals surface area contributed by atoms with Gasteiger partial charge in [-0.3, -0.25) is 0 Å². The molecule has 3 aromatic rings. The van der Waals surface area contributed by atoms with Crippen LogP contribution in [-0.4, -0.2) is 0 Å². The van der Waals surface area contributed by atoms with Crippen molar-refractivity contribution in [1.82, 2.24) is 0 Å². The molecule has 1 N–H and O–H groups in total. The Kier molecular flexibility index (Phi) is 3.68. The molecule has 114 valence electrons. The van der Waals surface area contributed by atoms with Crippen molar-refractivity contribution in [1.29, 1.82) is 0 Å². The van der Waals surface area contributed by atoms with Crippen LogP contribution >= 0.6 is 11.6 Å². The van der Waals surface area contributed by atoms with E-state index in [0.29, 0.717) is 0 Å². The van der Waals surface area contributed by atoms with Gasteiger partial charge >= 0.3 is 0 Å². The van der Waals surface area contributed by atoms with Gasteiger partial charge in [0.25, 0.3) is 0 Å². The summed E-state index contributed by atoms with van der Waals surface area (Å²) < 4.78 is 0. The first-order valence-corrected chi connectivity index (χ1v) is 8.10. The Bertz CT molecular complexity index is 830. The Morgan fingerprint density at radius 2 is 1.57 bits per heavy atom. The number of anilines is 3. The summed E-state index contributed by atoms with van der Waals surface area (Å²) >= 11 is 6.11. The smallest absolute Gasteiger partial charge is 0.0437 e. The Morgan fingerprint density at radius 1 is 0.739 bits per heavy atom. The normalized spacial score (nSPS) is 13.0. The second-order valence-corrected chi connectivity index (χ2v) is 6.25. The van der Waals surface area contributed by atoms with Crippen molar-refractivity contribution in [2.45, 2.75) is 13.1 Å². The average molecular weight is 321 g/mol. The summed E-state index contributed by atoms with van der Waals surface area (Å²) in [7, 11) is 0. The maximum Gasteiger partial charge on any atom is 0.0437 e. The number of hydrogen-bond acceptors (Lipinski definition) is 2. The molecule has 1 aliphatic rings. The fourth-order valence-electron chi connectivity index (χ4n) is 3.02. The first kappa shape index (κ1) is 14.2. The third-order valence-corrected chi connectivity index (χ3v) is 4.40. The minimum atomic E-state index is 0.782. The number of nitrogens with one attached hydrogen (secondary N) is 1. The van der Waals surface area contributed by atoms with E-state index < -0.39 is 0 Å². The van der Waals surface area contributed by atoms with Crippen LogP contribution in [0.15, 0.2) is 72.8 Å². The average Bonchev–Trinajstić information content (AvgIpc) is 2.99. The van der Waals surface area contributed by atoms with Crippen molar-refractivity contribution < 1.29 is 0 Å². The summed E-state index contributed by atoms with van der Waals surface area (Å²) in [5, 5.41) is 4.24. The number of para-hydroxylation sites is 1. The second kappa shape index (κ2) is 5.98. The fourth-order valence-corrected chi connectivity index (χ4v) is 3.20. The molecule has 0 amide bonds. The first-order chi connectivity index (χ1) is 11.3. The highest BCUT2D eigenvalue weighted by atomic mass is 35.5. The molecule has 0 atom stereocenters. The Labute approximate surface area is 141 Å². The molecule has 0 radical (unpaired) electrons. The third kappa shape index (κ3) is 3.03. The SMILES string of the molecule is Clc1cccc(N2Cc3ccc(Nc4ccccc4)cc3C2)c1. The zero-order valence-corrected chi connectivity index (χ0v) is 13.4. The molecule has 0 saturated heterocycles. The summed E-state index contributed by atoms with van der Waals surface area (Å²) in [6.07, 6.45) is 0. The Balaban J connectivity index is 1.55. The molecule has 0 aliphatic carbocycles. The summed E-state index contributed by atoms with van der Waals surface area (Å²) in [4.78, 5) is 2.35.